The van der Waals surface area contributed by atoms with E-state index in [4.69, 9.17) is 9.26 Å². The van der Waals surface area contributed by atoms with Crippen molar-refractivity contribution < 1.29 is 18.8 Å². The number of nitrogens with one attached hydrogen (secondary N) is 1. The van der Waals surface area contributed by atoms with Gasteiger partial charge in [-0.25, -0.2) is 0 Å². The Kier molecular flexibility index (Phi) is 4.11. The fourth-order valence-electron chi connectivity index (χ4n) is 4.20. The van der Waals surface area contributed by atoms with Crippen molar-refractivity contribution in [3.8, 4) is 0 Å². The first-order valence-electron chi connectivity index (χ1n) is 8.95. The number of amides is 2. The van der Waals surface area contributed by atoms with E-state index in [0.29, 0.717) is 24.7 Å². The third kappa shape index (κ3) is 2.64. The van der Waals surface area contributed by atoms with Crippen LogP contribution in [0.2, 0.25) is 0 Å². The van der Waals surface area contributed by atoms with Crippen LogP contribution in [-0.2, 0) is 14.3 Å². The Bertz CT molecular complexity index is 758. The fourth-order valence-corrected chi connectivity index (χ4v) is 4.20. The zero-order valence-electron chi connectivity index (χ0n) is 15.3. The number of fused-ring (bicyclic) bond motifs is 1. The maximum atomic E-state index is 13.1. The van der Waals surface area contributed by atoms with Gasteiger partial charge >= 0.3 is 0 Å². The van der Waals surface area contributed by atoms with Crippen LogP contribution in [0.5, 0.6) is 0 Å². The topological polar surface area (TPSA) is 87.9 Å². The van der Waals surface area contributed by atoms with Crippen molar-refractivity contribution in [3.05, 3.63) is 24.0 Å². The summed E-state index contributed by atoms with van der Waals surface area (Å²) < 4.78 is 11.2. The van der Waals surface area contributed by atoms with Crippen LogP contribution in [0.4, 0.5) is 5.82 Å². The molecule has 4 rings (SSSR count). The van der Waals surface area contributed by atoms with Crippen LogP contribution in [0, 0.1) is 18.8 Å². The summed E-state index contributed by atoms with van der Waals surface area (Å²) in [5.74, 6) is -0.136. The normalized spacial score (nSPS) is 31.9. The maximum Gasteiger partial charge on any atom is 0.235 e. The Hall–Kier alpha value is -2.19. The molecule has 0 unspecified atom stereocenters. The highest BCUT2D eigenvalue weighted by molar-refractivity contribution is 6.02. The summed E-state index contributed by atoms with van der Waals surface area (Å²) in [6, 6.07) is 1.72. The van der Waals surface area contributed by atoms with Crippen LogP contribution in [0.15, 0.2) is 22.7 Å². The van der Waals surface area contributed by atoms with E-state index in [1.165, 1.54) is 0 Å². The smallest absolute Gasteiger partial charge is 0.235 e. The summed E-state index contributed by atoms with van der Waals surface area (Å²) in [5.41, 5.74) is -0.736. The van der Waals surface area contributed by atoms with E-state index in [9.17, 15) is 9.59 Å². The first-order chi connectivity index (χ1) is 12.4. The van der Waals surface area contributed by atoms with E-state index in [-0.39, 0.29) is 17.9 Å². The summed E-state index contributed by atoms with van der Waals surface area (Å²) in [4.78, 5) is 29.5. The van der Waals surface area contributed by atoms with Crippen molar-refractivity contribution in [1.82, 2.24) is 15.4 Å². The van der Waals surface area contributed by atoms with Gasteiger partial charge in [-0.05, 0) is 34.0 Å². The molecule has 3 aliphatic heterocycles. The minimum Gasteiger partial charge on any atom is -0.360 e. The van der Waals surface area contributed by atoms with Gasteiger partial charge in [0.1, 0.15) is 11.4 Å². The largest absolute Gasteiger partial charge is 0.360 e. The minimum atomic E-state index is -0.736. The SMILES string of the molecule is Cc1cc(N2C[C@]34C=C[C@@H](O3)[C@H](C(=O)NCCCN(C)C)[C@H]4C2=O)no1. The Balaban J connectivity index is 1.49. The maximum absolute atomic E-state index is 13.1. The third-order valence-electron chi connectivity index (χ3n) is 5.38. The molecule has 4 atom stereocenters. The molecule has 0 saturated carbocycles. The van der Waals surface area contributed by atoms with Crippen LogP contribution in [0.25, 0.3) is 0 Å². The second-order valence-electron chi connectivity index (χ2n) is 7.57. The van der Waals surface area contributed by atoms with Gasteiger partial charge in [-0.15, -0.1) is 0 Å². The van der Waals surface area contributed by atoms with Gasteiger partial charge in [0, 0.05) is 12.6 Å². The number of nitrogens with zero attached hydrogens (tertiary/aromatic N) is 3. The average Bonchev–Trinajstić information content (AvgIpc) is 3.32. The summed E-state index contributed by atoms with van der Waals surface area (Å²) in [5, 5.41) is 6.92. The lowest BCUT2D eigenvalue weighted by molar-refractivity contribution is -0.131. The number of carbonyl (C=O) groups excluding carboxylic acids is 2. The lowest BCUT2D eigenvalue weighted by Crippen LogP contribution is -2.44. The molecule has 4 heterocycles. The monoisotopic (exact) mass is 360 g/mol. The number of carbonyl (C=O) groups is 2. The quantitative estimate of drug-likeness (QED) is 0.581. The fraction of sp³-hybridized carbons (Fsp3) is 0.611. The van der Waals surface area contributed by atoms with Crippen molar-refractivity contribution >= 4 is 17.6 Å². The molecule has 8 nitrogen and oxygen atoms in total. The van der Waals surface area contributed by atoms with Crippen molar-refractivity contribution in [1.29, 1.82) is 0 Å². The molecule has 1 aromatic rings. The van der Waals surface area contributed by atoms with Gasteiger partial charge in [-0.3, -0.25) is 14.5 Å². The number of hydrogen-bond acceptors (Lipinski definition) is 6. The third-order valence-corrected chi connectivity index (χ3v) is 5.38. The molecule has 140 valence electrons. The van der Waals surface area contributed by atoms with E-state index in [1.54, 1.807) is 17.9 Å². The van der Waals surface area contributed by atoms with Gasteiger partial charge < -0.3 is 19.5 Å². The van der Waals surface area contributed by atoms with Crippen LogP contribution in [0.1, 0.15) is 12.2 Å². The van der Waals surface area contributed by atoms with Crippen LogP contribution in [0.3, 0.4) is 0 Å². The van der Waals surface area contributed by atoms with E-state index in [1.807, 2.05) is 26.2 Å². The molecule has 0 aromatic carbocycles. The molecule has 1 aromatic heterocycles. The summed E-state index contributed by atoms with van der Waals surface area (Å²) >= 11 is 0. The van der Waals surface area contributed by atoms with Crippen LogP contribution in [-0.4, -0.2) is 67.3 Å². The van der Waals surface area contributed by atoms with E-state index in [2.05, 4.69) is 15.4 Å². The standard InChI is InChI=1S/C18H24N4O4/c1-11-9-13(20-26-11)22-10-18-6-5-12(25-18)14(15(18)17(22)24)16(23)19-7-4-8-21(2)3/h5-6,9,12,14-15H,4,7-8,10H2,1-3H3,(H,19,23)/t12-,14+,15+,18+/m1/s1. The molecule has 3 aliphatic rings. The number of rotatable bonds is 6. The minimum absolute atomic E-state index is 0.114. The zero-order valence-corrected chi connectivity index (χ0v) is 15.3. The van der Waals surface area contributed by atoms with Gasteiger partial charge in [0.05, 0.1) is 24.5 Å². The molecule has 1 spiro atoms. The number of aromatic nitrogens is 1. The summed E-state index contributed by atoms with van der Waals surface area (Å²) in [7, 11) is 4.00. The lowest BCUT2D eigenvalue weighted by atomic mass is 9.77. The van der Waals surface area contributed by atoms with Crippen molar-refractivity contribution in [3.63, 3.8) is 0 Å². The number of aryl methyl sites for hydroxylation is 1. The second kappa shape index (κ2) is 6.21. The Labute approximate surface area is 152 Å². The molecular formula is C18H24N4O4. The average molecular weight is 360 g/mol. The number of hydrogen-bond donors (Lipinski definition) is 1. The predicted molar refractivity (Wildman–Crippen MR) is 93.5 cm³/mol. The molecule has 0 radical (unpaired) electrons. The van der Waals surface area contributed by atoms with E-state index < -0.39 is 17.4 Å². The molecule has 8 heteroatoms. The van der Waals surface area contributed by atoms with Gasteiger partial charge in [-0.2, -0.15) is 0 Å². The number of ether oxygens (including phenoxy) is 1. The molecule has 26 heavy (non-hydrogen) atoms. The summed E-state index contributed by atoms with van der Waals surface area (Å²) in [6.07, 6.45) is 4.37. The molecule has 2 bridgehead atoms. The lowest BCUT2D eigenvalue weighted by Gasteiger charge is -2.23. The van der Waals surface area contributed by atoms with Crippen molar-refractivity contribution in [2.75, 3.05) is 38.6 Å². The van der Waals surface area contributed by atoms with Gasteiger partial charge in [0.15, 0.2) is 5.82 Å². The van der Waals surface area contributed by atoms with Crippen molar-refractivity contribution in [2.45, 2.75) is 25.0 Å². The molecule has 1 N–H and O–H groups in total. The zero-order chi connectivity index (χ0) is 18.5. The Morgan fingerprint density at radius 1 is 1.50 bits per heavy atom. The van der Waals surface area contributed by atoms with E-state index in [0.717, 1.165) is 13.0 Å². The van der Waals surface area contributed by atoms with Gasteiger partial charge in [0.2, 0.25) is 11.8 Å². The first-order valence-corrected chi connectivity index (χ1v) is 8.95. The number of anilines is 1. The van der Waals surface area contributed by atoms with Gasteiger partial charge in [0.25, 0.3) is 0 Å². The Morgan fingerprint density at radius 3 is 3.00 bits per heavy atom. The Morgan fingerprint density at radius 2 is 2.31 bits per heavy atom. The second-order valence-corrected chi connectivity index (χ2v) is 7.57. The highest BCUT2D eigenvalue weighted by atomic mass is 16.5. The predicted octanol–water partition coefficient (Wildman–Crippen LogP) is 0.337. The summed E-state index contributed by atoms with van der Waals surface area (Å²) in [6.45, 7) is 3.63. The highest BCUT2D eigenvalue weighted by Gasteiger charge is 2.67. The molecule has 2 saturated heterocycles. The van der Waals surface area contributed by atoms with Crippen LogP contribution >= 0.6 is 0 Å². The molecule has 2 fully saturated rings. The van der Waals surface area contributed by atoms with Crippen molar-refractivity contribution in [2.24, 2.45) is 11.8 Å². The van der Waals surface area contributed by atoms with Crippen LogP contribution < -0.4 is 10.2 Å². The molecular weight excluding hydrogens is 336 g/mol. The molecule has 0 aliphatic carbocycles. The first kappa shape index (κ1) is 17.2. The van der Waals surface area contributed by atoms with E-state index >= 15 is 0 Å². The highest BCUT2D eigenvalue weighted by Crippen LogP contribution is 2.52. The molecule has 2 amide bonds. The van der Waals surface area contributed by atoms with Gasteiger partial charge in [-0.1, -0.05) is 17.3 Å².